The Morgan fingerprint density at radius 2 is 2.05 bits per heavy atom. The van der Waals surface area contributed by atoms with Crippen molar-refractivity contribution in [1.29, 1.82) is 0 Å². The summed E-state index contributed by atoms with van der Waals surface area (Å²) in [6.07, 6.45) is 4.75. The van der Waals surface area contributed by atoms with Crippen molar-refractivity contribution in [2.24, 2.45) is 0 Å². The summed E-state index contributed by atoms with van der Waals surface area (Å²) in [7, 11) is 1.67. The lowest BCUT2D eigenvalue weighted by Gasteiger charge is -2.25. The Hall–Kier alpha value is -2.11. The molecular formula is C15H21N3O3. The Bertz CT molecular complexity index is 531. The first-order valence-corrected chi connectivity index (χ1v) is 7.35. The van der Waals surface area contributed by atoms with Crippen LogP contribution in [0.4, 0.5) is 11.4 Å². The number of para-hydroxylation sites is 1. The summed E-state index contributed by atoms with van der Waals surface area (Å²) in [5.41, 5.74) is 1.34. The van der Waals surface area contributed by atoms with Gasteiger partial charge in [0, 0.05) is 38.2 Å². The SMILES string of the molecule is CNc1c(CN2CCCCCCC2=O)cccc1[N+](=O)[O-]. The van der Waals surface area contributed by atoms with Gasteiger partial charge in [-0.15, -0.1) is 0 Å². The number of nitro benzene ring substituents is 1. The molecule has 21 heavy (non-hydrogen) atoms. The quantitative estimate of drug-likeness (QED) is 0.683. The lowest BCUT2D eigenvalue weighted by molar-refractivity contribution is -0.384. The van der Waals surface area contributed by atoms with E-state index in [1.165, 1.54) is 6.07 Å². The molecule has 1 aromatic rings. The van der Waals surface area contributed by atoms with Crippen LogP contribution < -0.4 is 5.32 Å². The molecule has 1 fully saturated rings. The van der Waals surface area contributed by atoms with Gasteiger partial charge in [-0.1, -0.05) is 25.0 Å². The van der Waals surface area contributed by atoms with Crippen LogP contribution in [-0.4, -0.2) is 29.3 Å². The average molecular weight is 291 g/mol. The molecular weight excluding hydrogens is 270 g/mol. The molecule has 0 bridgehead atoms. The zero-order chi connectivity index (χ0) is 15.2. The number of nitro groups is 1. The number of carbonyl (C=O) groups is 1. The molecule has 0 unspecified atom stereocenters. The van der Waals surface area contributed by atoms with E-state index in [0.717, 1.165) is 37.8 Å². The van der Waals surface area contributed by atoms with E-state index in [-0.39, 0.29) is 11.6 Å². The van der Waals surface area contributed by atoms with Gasteiger partial charge < -0.3 is 10.2 Å². The number of benzene rings is 1. The van der Waals surface area contributed by atoms with E-state index < -0.39 is 4.92 Å². The highest BCUT2D eigenvalue weighted by Gasteiger charge is 2.21. The Morgan fingerprint density at radius 1 is 1.29 bits per heavy atom. The van der Waals surface area contributed by atoms with Gasteiger partial charge >= 0.3 is 0 Å². The zero-order valence-electron chi connectivity index (χ0n) is 12.3. The Morgan fingerprint density at radius 3 is 2.76 bits per heavy atom. The predicted octanol–water partition coefficient (Wildman–Crippen LogP) is 2.93. The average Bonchev–Trinajstić information content (AvgIpc) is 2.46. The van der Waals surface area contributed by atoms with Crippen LogP contribution in [0.25, 0.3) is 0 Å². The Balaban J connectivity index is 2.23. The van der Waals surface area contributed by atoms with Gasteiger partial charge in [0.15, 0.2) is 0 Å². The molecule has 1 amide bonds. The number of likely N-dealkylation sites (tertiary alicyclic amines) is 1. The van der Waals surface area contributed by atoms with Crippen LogP contribution in [-0.2, 0) is 11.3 Å². The second-order valence-corrected chi connectivity index (χ2v) is 5.30. The maximum Gasteiger partial charge on any atom is 0.292 e. The van der Waals surface area contributed by atoms with E-state index >= 15 is 0 Å². The summed E-state index contributed by atoms with van der Waals surface area (Å²) in [6.45, 7) is 1.15. The summed E-state index contributed by atoms with van der Waals surface area (Å²) >= 11 is 0. The molecule has 1 aliphatic heterocycles. The minimum Gasteiger partial charge on any atom is -0.382 e. The van der Waals surface area contributed by atoms with Crippen molar-refractivity contribution in [2.75, 3.05) is 18.9 Å². The van der Waals surface area contributed by atoms with Crippen molar-refractivity contribution in [1.82, 2.24) is 4.90 Å². The summed E-state index contributed by atoms with van der Waals surface area (Å²) in [5, 5.41) is 14.0. The van der Waals surface area contributed by atoms with Crippen LogP contribution in [0, 0.1) is 10.1 Å². The third kappa shape index (κ3) is 3.71. The normalized spacial score (nSPS) is 16.2. The Kier molecular flexibility index (Phi) is 5.14. The standard InChI is InChI=1S/C15H21N3O3/c1-16-15-12(7-6-8-13(15)18(20)21)11-17-10-5-3-2-4-9-14(17)19/h6-8,16H,2-5,9-11H2,1H3. The van der Waals surface area contributed by atoms with Crippen LogP contribution in [0.1, 0.15) is 37.7 Å². The third-order valence-corrected chi connectivity index (χ3v) is 3.86. The van der Waals surface area contributed by atoms with Crippen LogP contribution >= 0.6 is 0 Å². The van der Waals surface area contributed by atoms with Gasteiger partial charge in [-0.2, -0.15) is 0 Å². The van der Waals surface area contributed by atoms with Gasteiger partial charge in [-0.3, -0.25) is 14.9 Å². The number of nitrogens with zero attached hydrogens (tertiary/aromatic N) is 2. The largest absolute Gasteiger partial charge is 0.382 e. The first-order chi connectivity index (χ1) is 10.1. The van der Waals surface area contributed by atoms with Crippen LogP contribution in [0.15, 0.2) is 18.2 Å². The lowest BCUT2D eigenvalue weighted by atomic mass is 10.1. The van der Waals surface area contributed by atoms with Crippen molar-refractivity contribution in [2.45, 2.75) is 38.6 Å². The molecule has 0 radical (unpaired) electrons. The molecule has 114 valence electrons. The van der Waals surface area contributed by atoms with Gasteiger partial charge in [-0.25, -0.2) is 0 Å². The molecule has 0 spiro atoms. The fraction of sp³-hybridized carbons (Fsp3) is 0.533. The van der Waals surface area contributed by atoms with Gasteiger partial charge in [-0.05, 0) is 12.8 Å². The van der Waals surface area contributed by atoms with Crippen molar-refractivity contribution in [3.8, 4) is 0 Å². The molecule has 6 heteroatoms. The highest BCUT2D eigenvalue weighted by molar-refractivity contribution is 5.77. The summed E-state index contributed by atoms with van der Waals surface area (Å²) in [5.74, 6) is 0.142. The van der Waals surface area contributed by atoms with E-state index in [1.54, 1.807) is 13.1 Å². The molecule has 0 atom stereocenters. The summed E-state index contributed by atoms with van der Waals surface area (Å²) < 4.78 is 0. The van der Waals surface area contributed by atoms with Crippen LogP contribution in [0.3, 0.4) is 0 Å². The molecule has 0 saturated carbocycles. The van der Waals surface area contributed by atoms with Crippen molar-refractivity contribution < 1.29 is 9.72 Å². The zero-order valence-corrected chi connectivity index (χ0v) is 12.3. The van der Waals surface area contributed by atoms with Crippen molar-refractivity contribution in [3.63, 3.8) is 0 Å². The predicted molar refractivity (Wildman–Crippen MR) is 81.1 cm³/mol. The highest BCUT2D eigenvalue weighted by Crippen LogP contribution is 2.29. The van der Waals surface area contributed by atoms with Crippen LogP contribution in [0.5, 0.6) is 0 Å². The minimum absolute atomic E-state index is 0.0505. The second-order valence-electron chi connectivity index (χ2n) is 5.30. The van der Waals surface area contributed by atoms with E-state index in [0.29, 0.717) is 18.7 Å². The van der Waals surface area contributed by atoms with E-state index in [1.807, 2.05) is 11.0 Å². The molecule has 1 heterocycles. The summed E-state index contributed by atoms with van der Waals surface area (Å²) in [6, 6.07) is 4.98. The first-order valence-electron chi connectivity index (χ1n) is 7.35. The van der Waals surface area contributed by atoms with Crippen molar-refractivity contribution in [3.05, 3.63) is 33.9 Å². The smallest absolute Gasteiger partial charge is 0.292 e. The number of hydrogen-bond acceptors (Lipinski definition) is 4. The molecule has 1 aromatic carbocycles. The fourth-order valence-electron chi connectivity index (χ4n) is 2.75. The van der Waals surface area contributed by atoms with Gasteiger partial charge in [0.2, 0.25) is 5.91 Å². The number of anilines is 1. The van der Waals surface area contributed by atoms with Gasteiger partial charge in [0.05, 0.1) is 4.92 Å². The number of carbonyl (C=O) groups excluding carboxylic acids is 1. The molecule has 6 nitrogen and oxygen atoms in total. The van der Waals surface area contributed by atoms with Crippen LogP contribution in [0.2, 0.25) is 0 Å². The maximum absolute atomic E-state index is 12.2. The van der Waals surface area contributed by atoms with E-state index in [4.69, 9.17) is 0 Å². The van der Waals surface area contributed by atoms with Gasteiger partial charge in [0.1, 0.15) is 5.69 Å². The number of rotatable bonds is 4. The number of nitrogens with one attached hydrogen (secondary N) is 1. The van der Waals surface area contributed by atoms with Crippen molar-refractivity contribution >= 4 is 17.3 Å². The topological polar surface area (TPSA) is 75.5 Å². The number of amides is 1. The van der Waals surface area contributed by atoms with E-state index in [9.17, 15) is 14.9 Å². The maximum atomic E-state index is 12.2. The molecule has 1 aliphatic rings. The summed E-state index contributed by atoms with van der Waals surface area (Å²) in [4.78, 5) is 24.7. The second kappa shape index (κ2) is 7.06. The molecule has 2 rings (SSSR count). The molecule has 0 aromatic heterocycles. The molecule has 1 saturated heterocycles. The monoisotopic (exact) mass is 291 g/mol. The molecule has 1 N–H and O–H groups in total. The minimum atomic E-state index is -0.398. The lowest BCUT2D eigenvalue weighted by Crippen LogP contribution is -2.32. The number of hydrogen-bond donors (Lipinski definition) is 1. The third-order valence-electron chi connectivity index (χ3n) is 3.86. The Labute approximate surface area is 124 Å². The molecule has 0 aliphatic carbocycles. The van der Waals surface area contributed by atoms with E-state index in [2.05, 4.69) is 5.32 Å². The fourth-order valence-corrected chi connectivity index (χ4v) is 2.75. The highest BCUT2D eigenvalue weighted by atomic mass is 16.6. The first kappa shape index (κ1) is 15.3. The van der Waals surface area contributed by atoms with Gasteiger partial charge in [0.25, 0.3) is 5.69 Å².